The molecule has 5 heteroatoms. The number of allylic oxidation sites excluding steroid dienone is 2. The summed E-state index contributed by atoms with van der Waals surface area (Å²) in [5.41, 5.74) is 1.07. The molecule has 0 saturated heterocycles. The molecule has 0 aromatic heterocycles. The number of rotatable bonds is 2. The Hall–Kier alpha value is -3.14. The zero-order chi connectivity index (χ0) is 14.5. The average molecular weight is 262 g/mol. The summed E-state index contributed by atoms with van der Waals surface area (Å²) >= 11 is 0. The maximum atomic E-state index is 11.8. The molecule has 0 bridgehead atoms. The number of carbonyl (C=O) groups excluding carboxylic acids is 1. The smallest absolute Gasteiger partial charge is 0.225 e. The van der Waals surface area contributed by atoms with Crippen LogP contribution in [-0.2, 0) is 4.79 Å². The Morgan fingerprint density at radius 2 is 2.00 bits per heavy atom. The third kappa shape index (κ3) is 2.35. The zero-order valence-electron chi connectivity index (χ0n) is 10.5. The lowest BCUT2D eigenvalue weighted by Crippen LogP contribution is -2.32. The molecule has 0 aliphatic carbocycles. The largest absolute Gasteiger partial charge is 0.323 e. The van der Waals surface area contributed by atoms with Gasteiger partial charge in [0, 0.05) is 12.3 Å². The van der Waals surface area contributed by atoms with Crippen LogP contribution in [0.1, 0.15) is 17.9 Å². The van der Waals surface area contributed by atoms with Gasteiger partial charge in [0.1, 0.15) is 11.6 Å². The second-order valence-corrected chi connectivity index (χ2v) is 4.23. The van der Waals surface area contributed by atoms with Crippen molar-refractivity contribution in [3.63, 3.8) is 0 Å². The first kappa shape index (κ1) is 13.3. The molecule has 1 aliphatic rings. The summed E-state index contributed by atoms with van der Waals surface area (Å²) in [6.45, 7) is 0. The first-order chi connectivity index (χ1) is 9.71. The van der Waals surface area contributed by atoms with Gasteiger partial charge in [0.15, 0.2) is 0 Å². The van der Waals surface area contributed by atoms with Crippen LogP contribution in [0.25, 0.3) is 0 Å². The molecule has 1 atom stereocenters. The van der Waals surface area contributed by atoms with Gasteiger partial charge in [0.05, 0.1) is 17.3 Å². The lowest BCUT2D eigenvalue weighted by molar-refractivity contribution is -0.120. The summed E-state index contributed by atoms with van der Waals surface area (Å²) in [6, 6.07) is 13.0. The first-order valence-electron chi connectivity index (χ1n) is 5.90. The molecule has 2 rings (SSSR count). The number of nitrogens with zero attached hydrogens (tertiary/aromatic N) is 2. The van der Waals surface area contributed by atoms with E-state index in [1.165, 1.54) is 0 Å². The second kappa shape index (κ2) is 5.67. The van der Waals surface area contributed by atoms with E-state index in [4.69, 9.17) is 10.7 Å². The predicted octanol–water partition coefficient (Wildman–Crippen LogP) is 1.77. The molecule has 1 aliphatic heterocycles. The molecule has 2 N–H and O–H groups in total. The molecule has 1 aromatic carbocycles. The van der Waals surface area contributed by atoms with Crippen molar-refractivity contribution in [2.75, 3.05) is 0 Å². The van der Waals surface area contributed by atoms with Crippen LogP contribution in [0.5, 0.6) is 0 Å². The van der Waals surface area contributed by atoms with Crippen molar-refractivity contribution < 1.29 is 4.79 Å². The van der Waals surface area contributed by atoms with E-state index in [9.17, 15) is 10.1 Å². The number of nitrogens with one attached hydrogen (secondary N) is 2. The molecule has 0 saturated carbocycles. The predicted molar refractivity (Wildman–Crippen MR) is 71.4 cm³/mol. The minimum absolute atomic E-state index is 0.0927. The molecule has 96 valence electrons. The van der Waals surface area contributed by atoms with Crippen molar-refractivity contribution in [3.05, 3.63) is 52.7 Å². The summed E-state index contributed by atoms with van der Waals surface area (Å²) in [7, 11) is 0. The number of nitriles is 2. The first-order valence-corrected chi connectivity index (χ1v) is 5.90. The van der Waals surface area contributed by atoms with E-state index in [2.05, 4.69) is 5.32 Å². The SMILES string of the molecule is N#CC(=C=N)C1=C(C#N)C(c2ccccc2)CC(=O)N1. The maximum Gasteiger partial charge on any atom is 0.225 e. The Kier molecular flexibility index (Phi) is 3.77. The minimum atomic E-state index is -0.401. The molecule has 5 nitrogen and oxygen atoms in total. The second-order valence-electron chi connectivity index (χ2n) is 4.23. The van der Waals surface area contributed by atoms with Gasteiger partial charge in [-0.1, -0.05) is 30.3 Å². The standard InChI is InChI=1S/C15H10N4O/c16-7-11(8-17)15-13(9-18)12(6-14(20)19-15)10-4-2-1-3-5-10/h1-5,12,16H,6H2,(H,19,20). The number of hydrogen-bond donors (Lipinski definition) is 2. The van der Waals surface area contributed by atoms with Crippen molar-refractivity contribution >= 4 is 11.8 Å². The van der Waals surface area contributed by atoms with Gasteiger partial charge < -0.3 is 5.32 Å². The van der Waals surface area contributed by atoms with Crippen LogP contribution in [0.4, 0.5) is 0 Å². The summed E-state index contributed by atoms with van der Waals surface area (Å²) in [5.74, 6) is 1.28. The summed E-state index contributed by atoms with van der Waals surface area (Å²) in [5, 5.41) is 27.9. The molecular formula is C15H10N4O. The van der Waals surface area contributed by atoms with Crippen LogP contribution in [0.2, 0.25) is 0 Å². The molecule has 0 spiro atoms. The highest BCUT2D eigenvalue weighted by molar-refractivity contribution is 5.86. The fraction of sp³-hybridized carbons (Fsp3) is 0.133. The Labute approximate surface area is 116 Å². The summed E-state index contributed by atoms with van der Waals surface area (Å²) in [6.07, 6.45) is 0.146. The lowest BCUT2D eigenvalue weighted by Gasteiger charge is -2.24. The van der Waals surface area contributed by atoms with Crippen molar-refractivity contribution in [1.82, 2.24) is 5.32 Å². The number of amides is 1. The van der Waals surface area contributed by atoms with E-state index in [1.807, 2.05) is 42.3 Å². The molecule has 20 heavy (non-hydrogen) atoms. The molecule has 0 radical (unpaired) electrons. The van der Waals surface area contributed by atoms with Gasteiger partial charge in [-0.3, -0.25) is 10.2 Å². The summed E-state index contributed by atoms with van der Waals surface area (Å²) in [4.78, 5) is 11.8. The maximum absolute atomic E-state index is 11.8. The van der Waals surface area contributed by atoms with Gasteiger partial charge in [-0.15, -0.1) is 0 Å². The van der Waals surface area contributed by atoms with E-state index in [0.29, 0.717) is 0 Å². The fourth-order valence-electron chi connectivity index (χ4n) is 2.17. The van der Waals surface area contributed by atoms with Gasteiger partial charge in [-0.2, -0.15) is 10.5 Å². The van der Waals surface area contributed by atoms with Gasteiger partial charge >= 0.3 is 0 Å². The zero-order valence-corrected chi connectivity index (χ0v) is 10.5. The van der Waals surface area contributed by atoms with Gasteiger partial charge in [-0.25, -0.2) is 0 Å². The molecule has 1 amide bonds. The number of benzene rings is 1. The Bertz CT molecular complexity index is 712. The van der Waals surface area contributed by atoms with Crippen LogP contribution < -0.4 is 5.32 Å². The van der Waals surface area contributed by atoms with E-state index < -0.39 is 5.92 Å². The number of carbonyl (C=O) groups is 1. The molecule has 1 aromatic rings. The van der Waals surface area contributed by atoms with Gasteiger partial charge in [-0.05, 0) is 11.4 Å². The quantitative estimate of drug-likeness (QED) is 0.627. The minimum Gasteiger partial charge on any atom is -0.323 e. The van der Waals surface area contributed by atoms with E-state index in [-0.39, 0.29) is 29.2 Å². The normalized spacial score (nSPS) is 17.5. The molecule has 1 heterocycles. The highest BCUT2D eigenvalue weighted by atomic mass is 16.1. The van der Waals surface area contributed by atoms with Crippen LogP contribution in [-0.4, -0.2) is 11.8 Å². The monoisotopic (exact) mass is 262 g/mol. The van der Waals surface area contributed by atoms with E-state index >= 15 is 0 Å². The highest BCUT2D eigenvalue weighted by Gasteiger charge is 2.30. The highest BCUT2D eigenvalue weighted by Crippen LogP contribution is 2.33. The van der Waals surface area contributed by atoms with Crippen molar-refractivity contribution in [2.45, 2.75) is 12.3 Å². The van der Waals surface area contributed by atoms with Crippen LogP contribution in [0.3, 0.4) is 0 Å². The van der Waals surface area contributed by atoms with Crippen molar-refractivity contribution in [3.8, 4) is 12.1 Å². The topological polar surface area (TPSA) is 101 Å². The summed E-state index contributed by atoms with van der Waals surface area (Å²) < 4.78 is 0. The van der Waals surface area contributed by atoms with E-state index in [0.717, 1.165) is 5.56 Å². The van der Waals surface area contributed by atoms with Crippen molar-refractivity contribution in [1.29, 1.82) is 15.9 Å². The molecule has 0 fully saturated rings. The Morgan fingerprint density at radius 3 is 2.55 bits per heavy atom. The third-order valence-electron chi connectivity index (χ3n) is 3.08. The molecular weight excluding hydrogens is 252 g/mol. The third-order valence-corrected chi connectivity index (χ3v) is 3.08. The number of hydrogen-bond acceptors (Lipinski definition) is 4. The van der Waals surface area contributed by atoms with Crippen molar-refractivity contribution in [2.24, 2.45) is 0 Å². The average Bonchev–Trinajstić information content (AvgIpc) is 2.49. The van der Waals surface area contributed by atoms with Gasteiger partial charge in [0.25, 0.3) is 0 Å². The van der Waals surface area contributed by atoms with Crippen LogP contribution >= 0.6 is 0 Å². The Morgan fingerprint density at radius 1 is 1.30 bits per heavy atom. The van der Waals surface area contributed by atoms with Crippen LogP contribution in [0, 0.1) is 28.1 Å². The Balaban J connectivity index is 2.62. The van der Waals surface area contributed by atoms with E-state index in [1.54, 1.807) is 6.07 Å². The van der Waals surface area contributed by atoms with Gasteiger partial charge in [0.2, 0.25) is 5.91 Å². The van der Waals surface area contributed by atoms with Crippen LogP contribution in [0.15, 0.2) is 47.2 Å². The molecule has 1 unspecified atom stereocenters. The fourth-order valence-corrected chi connectivity index (χ4v) is 2.17. The lowest BCUT2D eigenvalue weighted by atomic mass is 9.84.